The summed E-state index contributed by atoms with van der Waals surface area (Å²) in [5.74, 6) is 0.894. The molecule has 1 N–H and O–H groups in total. The average molecular weight is 265 g/mol. The van der Waals surface area contributed by atoms with Crippen molar-refractivity contribution < 1.29 is 9.84 Å². The zero-order chi connectivity index (χ0) is 14.3. The number of nitrogens with zero attached hydrogens (tertiary/aromatic N) is 1. The Hall–Kier alpha value is -1.06. The summed E-state index contributed by atoms with van der Waals surface area (Å²) in [6.45, 7) is 8.11. The third kappa shape index (κ3) is 5.21. The smallest absolute Gasteiger partial charge is 0.118 e. The molecule has 108 valence electrons. The molecule has 2 atom stereocenters. The van der Waals surface area contributed by atoms with E-state index in [0.29, 0.717) is 6.04 Å². The third-order valence-electron chi connectivity index (χ3n) is 3.64. The highest BCUT2D eigenvalue weighted by molar-refractivity contribution is 5.27. The first kappa shape index (κ1) is 16.0. The number of methoxy groups -OCH3 is 1. The fourth-order valence-electron chi connectivity index (χ4n) is 2.25. The van der Waals surface area contributed by atoms with Gasteiger partial charge in [0.1, 0.15) is 5.75 Å². The van der Waals surface area contributed by atoms with E-state index in [1.807, 2.05) is 19.1 Å². The van der Waals surface area contributed by atoms with E-state index in [1.165, 1.54) is 5.56 Å². The number of ether oxygens (including phenoxy) is 1. The molecule has 3 nitrogen and oxygen atoms in total. The Morgan fingerprint density at radius 1 is 1.21 bits per heavy atom. The van der Waals surface area contributed by atoms with Gasteiger partial charge in [0.25, 0.3) is 0 Å². The summed E-state index contributed by atoms with van der Waals surface area (Å²) in [6, 6.07) is 8.65. The molecular formula is C16H27NO2. The van der Waals surface area contributed by atoms with Crippen molar-refractivity contribution in [1.29, 1.82) is 0 Å². The lowest BCUT2D eigenvalue weighted by Crippen LogP contribution is -2.39. The minimum Gasteiger partial charge on any atom is -0.497 e. The lowest BCUT2D eigenvalue weighted by Gasteiger charge is -2.29. The fraction of sp³-hybridized carbons (Fsp3) is 0.625. The van der Waals surface area contributed by atoms with E-state index >= 15 is 0 Å². The first-order chi connectivity index (χ1) is 9.10. The second-order valence-electron chi connectivity index (χ2n) is 5.05. The van der Waals surface area contributed by atoms with E-state index in [0.717, 1.165) is 31.7 Å². The standard InChI is InChI=1S/C16H27NO2/c1-5-15(18)12-17(6-2)13(3)11-14-7-9-16(19-4)10-8-14/h7-10,13,15,18H,5-6,11-12H2,1-4H3/t13?,15-/m1/s1. The summed E-state index contributed by atoms with van der Waals surface area (Å²) in [5, 5.41) is 9.78. The molecule has 1 rings (SSSR count). The first-order valence-electron chi connectivity index (χ1n) is 7.15. The predicted octanol–water partition coefficient (Wildman–Crippen LogP) is 2.72. The maximum Gasteiger partial charge on any atom is 0.118 e. The van der Waals surface area contributed by atoms with Crippen molar-refractivity contribution in [2.24, 2.45) is 0 Å². The molecule has 0 aromatic heterocycles. The molecule has 0 heterocycles. The second-order valence-corrected chi connectivity index (χ2v) is 5.05. The van der Waals surface area contributed by atoms with Gasteiger partial charge in [-0.25, -0.2) is 0 Å². The number of rotatable bonds is 8. The molecule has 3 heteroatoms. The zero-order valence-electron chi connectivity index (χ0n) is 12.6. The molecule has 0 saturated carbocycles. The van der Waals surface area contributed by atoms with E-state index < -0.39 is 0 Å². The van der Waals surface area contributed by atoms with Crippen molar-refractivity contribution >= 4 is 0 Å². The highest BCUT2D eigenvalue weighted by Crippen LogP contribution is 2.15. The first-order valence-corrected chi connectivity index (χ1v) is 7.15. The van der Waals surface area contributed by atoms with Crippen LogP contribution in [0.2, 0.25) is 0 Å². The molecule has 0 aliphatic heterocycles. The number of hydrogen-bond donors (Lipinski definition) is 1. The van der Waals surface area contributed by atoms with Crippen LogP contribution in [0.15, 0.2) is 24.3 Å². The zero-order valence-corrected chi connectivity index (χ0v) is 12.6. The average Bonchev–Trinajstić information content (AvgIpc) is 2.45. The van der Waals surface area contributed by atoms with E-state index in [2.05, 4.69) is 30.9 Å². The Balaban J connectivity index is 2.57. The van der Waals surface area contributed by atoms with Crippen LogP contribution in [-0.4, -0.2) is 42.4 Å². The fourth-order valence-corrected chi connectivity index (χ4v) is 2.25. The Kier molecular flexibility index (Phi) is 6.89. The normalized spacial score (nSPS) is 14.4. The maximum atomic E-state index is 9.78. The van der Waals surface area contributed by atoms with Crippen molar-refractivity contribution in [2.45, 2.75) is 45.8 Å². The molecule has 0 aliphatic rings. The molecule has 0 bridgehead atoms. The summed E-state index contributed by atoms with van der Waals surface area (Å²) >= 11 is 0. The number of hydrogen-bond acceptors (Lipinski definition) is 3. The molecule has 0 aliphatic carbocycles. The van der Waals surface area contributed by atoms with Gasteiger partial charge in [-0.2, -0.15) is 0 Å². The summed E-state index contributed by atoms with van der Waals surface area (Å²) in [7, 11) is 1.68. The molecule has 1 aromatic rings. The van der Waals surface area contributed by atoms with E-state index in [1.54, 1.807) is 7.11 Å². The summed E-state index contributed by atoms with van der Waals surface area (Å²) in [4.78, 5) is 2.33. The minimum absolute atomic E-state index is 0.224. The molecule has 0 spiro atoms. The Bertz CT molecular complexity index is 350. The van der Waals surface area contributed by atoms with Crippen molar-refractivity contribution in [1.82, 2.24) is 4.90 Å². The van der Waals surface area contributed by atoms with Gasteiger partial charge in [-0.3, -0.25) is 4.90 Å². The van der Waals surface area contributed by atoms with Crippen LogP contribution in [0.1, 0.15) is 32.8 Å². The lowest BCUT2D eigenvalue weighted by molar-refractivity contribution is 0.0917. The third-order valence-corrected chi connectivity index (χ3v) is 3.64. The molecular weight excluding hydrogens is 238 g/mol. The molecule has 1 aromatic carbocycles. The Morgan fingerprint density at radius 3 is 2.32 bits per heavy atom. The Labute approximate surface area is 117 Å². The predicted molar refractivity (Wildman–Crippen MR) is 79.7 cm³/mol. The van der Waals surface area contributed by atoms with Crippen LogP contribution in [0, 0.1) is 0 Å². The molecule has 0 saturated heterocycles. The van der Waals surface area contributed by atoms with Gasteiger partial charge >= 0.3 is 0 Å². The molecule has 19 heavy (non-hydrogen) atoms. The largest absolute Gasteiger partial charge is 0.497 e. The SMILES string of the molecule is CC[C@@H](O)CN(CC)C(C)Cc1ccc(OC)cc1. The number of aliphatic hydroxyl groups excluding tert-OH is 1. The van der Waals surface area contributed by atoms with Gasteiger partial charge in [0.05, 0.1) is 13.2 Å². The van der Waals surface area contributed by atoms with Crippen LogP contribution in [0.25, 0.3) is 0 Å². The lowest BCUT2D eigenvalue weighted by atomic mass is 10.1. The van der Waals surface area contributed by atoms with Crippen molar-refractivity contribution in [3.8, 4) is 5.75 Å². The van der Waals surface area contributed by atoms with Crippen molar-refractivity contribution in [3.63, 3.8) is 0 Å². The maximum absolute atomic E-state index is 9.78. The van der Waals surface area contributed by atoms with Gasteiger partial charge < -0.3 is 9.84 Å². The topological polar surface area (TPSA) is 32.7 Å². The van der Waals surface area contributed by atoms with Gasteiger partial charge in [0.15, 0.2) is 0 Å². The highest BCUT2D eigenvalue weighted by atomic mass is 16.5. The second kappa shape index (κ2) is 8.18. The minimum atomic E-state index is -0.224. The number of aliphatic hydroxyl groups is 1. The van der Waals surface area contributed by atoms with Gasteiger partial charge in [0.2, 0.25) is 0 Å². The van der Waals surface area contributed by atoms with Crippen LogP contribution in [0.4, 0.5) is 0 Å². The van der Waals surface area contributed by atoms with E-state index in [-0.39, 0.29) is 6.10 Å². The number of benzene rings is 1. The summed E-state index contributed by atoms with van der Waals surface area (Å²) in [6.07, 6.45) is 1.58. The van der Waals surface area contributed by atoms with Crippen LogP contribution in [0.3, 0.4) is 0 Å². The summed E-state index contributed by atoms with van der Waals surface area (Å²) in [5.41, 5.74) is 1.30. The van der Waals surface area contributed by atoms with Crippen molar-refractivity contribution in [3.05, 3.63) is 29.8 Å². The van der Waals surface area contributed by atoms with Crippen LogP contribution in [0.5, 0.6) is 5.75 Å². The van der Waals surface area contributed by atoms with Gasteiger partial charge in [-0.1, -0.05) is 26.0 Å². The summed E-state index contributed by atoms with van der Waals surface area (Å²) < 4.78 is 5.17. The highest BCUT2D eigenvalue weighted by Gasteiger charge is 2.15. The van der Waals surface area contributed by atoms with Crippen LogP contribution >= 0.6 is 0 Å². The van der Waals surface area contributed by atoms with E-state index in [4.69, 9.17) is 4.74 Å². The molecule has 0 fully saturated rings. The molecule has 0 radical (unpaired) electrons. The number of likely N-dealkylation sites (N-methyl/N-ethyl adjacent to an activating group) is 1. The quantitative estimate of drug-likeness (QED) is 0.784. The molecule has 1 unspecified atom stereocenters. The Morgan fingerprint density at radius 2 is 1.84 bits per heavy atom. The van der Waals surface area contributed by atoms with Gasteiger partial charge in [0, 0.05) is 12.6 Å². The van der Waals surface area contributed by atoms with Crippen LogP contribution in [-0.2, 0) is 6.42 Å². The van der Waals surface area contributed by atoms with Crippen LogP contribution < -0.4 is 4.74 Å². The molecule has 0 amide bonds. The monoisotopic (exact) mass is 265 g/mol. The van der Waals surface area contributed by atoms with Gasteiger partial charge in [-0.05, 0) is 44.0 Å². The van der Waals surface area contributed by atoms with Crippen molar-refractivity contribution in [2.75, 3.05) is 20.2 Å². The van der Waals surface area contributed by atoms with E-state index in [9.17, 15) is 5.11 Å². The van der Waals surface area contributed by atoms with Gasteiger partial charge in [-0.15, -0.1) is 0 Å².